The Morgan fingerprint density at radius 2 is 1.63 bits per heavy atom. The maximum absolute atomic E-state index is 10.9. The minimum absolute atomic E-state index is 0.380. The molecule has 0 spiro atoms. The zero-order chi connectivity index (χ0) is 21.5. The summed E-state index contributed by atoms with van der Waals surface area (Å²) in [6, 6.07) is 17.3. The molecule has 0 aliphatic rings. The number of hydrogen-bond acceptors (Lipinski definition) is 3. The Morgan fingerprint density at radius 1 is 0.900 bits per heavy atom. The van der Waals surface area contributed by atoms with Crippen molar-refractivity contribution in [3.8, 4) is 22.6 Å². The summed E-state index contributed by atoms with van der Waals surface area (Å²) in [5.41, 5.74) is 6.09. The molecule has 3 rings (SSSR count). The molecular weight excluding hydrogens is 419 g/mol. The molecule has 0 heterocycles. The van der Waals surface area contributed by atoms with Crippen LogP contribution in [0, 0.1) is 13.8 Å². The van der Waals surface area contributed by atoms with Crippen molar-refractivity contribution in [3.05, 3.63) is 81.9 Å². The lowest BCUT2D eigenvalue weighted by Crippen LogP contribution is -2.02. The van der Waals surface area contributed by atoms with E-state index in [1.807, 2.05) is 24.3 Å². The smallest absolute Gasteiger partial charge is 0.150 e. The van der Waals surface area contributed by atoms with E-state index in [9.17, 15) is 4.79 Å². The zero-order valence-electron chi connectivity index (χ0n) is 17.1. The van der Waals surface area contributed by atoms with Crippen molar-refractivity contribution in [2.45, 2.75) is 26.9 Å². The van der Waals surface area contributed by atoms with Gasteiger partial charge < -0.3 is 9.47 Å². The zero-order valence-corrected chi connectivity index (χ0v) is 18.6. The Bertz CT molecular complexity index is 1030. The van der Waals surface area contributed by atoms with E-state index in [0.717, 1.165) is 46.3 Å². The first-order chi connectivity index (χ1) is 14.5. The first-order valence-electron chi connectivity index (χ1n) is 9.80. The van der Waals surface area contributed by atoms with E-state index in [0.29, 0.717) is 35.4 Å². The highest BCUT2D eigenvalue weighted by atomic mass is 35.5. The molecule has 0 radical (unpaired) electrons. The van der Waals surface area contributed by atoms with Crippen molar-refractivity contribution in [1.82, 2.24) is 0 Å². The highest BCUT2D eigenvalue weighted by Crippen LogP contribution is 2.34. The third kappa shape index (κ3) is 5.16. The Labute approximate surface area is 187 Å². The molecule has 5 heteroatoms. The SMILES string of the molecule is Cc1c(COc2ccc(C=O)cc2Cl)cccc1-c1cccc(OCCCCl)c1C. The molecule has 0 N–H and O–H groups in total. The summed E-state index contributed by atoms with van der Waals surface area (Å²) in [5.74, 6) is 2.01. The summed E-state index contributed by atoms with van der Waals surface area (Å²) in [6.07, 6.45) is 1.58. The van der Waals surface area contributed by atoms with Gasteiger partial charge in [0.15, 0.2) is 0 Å². The van der Waals surface area contributed by atoms with Crippen LogP contribution < -0.4 is 9.47 Å². The number of carbonyl (C=O) groups excluding carboxylic acids is 1. The van der Waals surface area contributed by atoms with Gasteiger partial charge in [-0.25, -0.2) is 0 Å². The van der Waals surface area contributed by atoms with Crippen LogP contribution in [0.15, 0.2) is 54.6 Å². The molecule has 0 unspecified atom stereocenters. The van der Waals surface area contributed by atoms with Gasteiger partial charge in [0, 0.05) is 11.4 Å². The van der Waals surface area contributed by atoms with E-state index in [1.165, 1.54) is 0 Å². The minimum Gasteiger partial charge on any atom is -0.493 e. The molecule has 0 bridgehead atoms. The topological polar surface area (TPSA) is 35.5 Å². The third-order valence-electron chi connectivity index (χ3n) is 5.03. The summed E-state index contributed by atoms with van der Waals surface area (Å²) in [7, 11) is 0. The summed E-state index contributed by atoms with van der Waals surface area (Å²) in [4.78, 5) is 10.9. The number of ether oxygens (including phenoxy) is 2. The van der Waals surface area contributed by atoms with E-state index in [2.05, 4.69) is 26.0 Å². The van der Waals surface area contributed by atoms with Gasteiger partial charge in [0.1, 0.15) is 24.4 Å². The highest BCUT2D eigenvalue weighted by Gasteiger charge is 2.12. The van der Waals surface area contributed by atoms with Crippen molar-refractivity contribution in [3.63, 3.8) is 0 Å². The maximum Gasteiger partial charge on any atom is 0.150 e. The number of rotatable bonds is 9. The molecule has 0 fully saturated rings. The molecule has 0 atom stereocenters. The predicted octanol–water partition coefficient (Wildman–Crippen LogP) is 7.02. The molecule has 0 aliphatic carbocycles. The second-order valence-electron chi connectivity index (χ2n) is 7.01. The second kappa shape index (κ2) is 10.5. The number of benzene rings is 3. The fraction of sp³-hybridized carbons (Fsp3) is 0.240. The lowest BCUT2D eigenvalue weighted by Gasteiger charge is -2.17. The lowest BCUT2D eigenvalue weighted by atomic mass is 9.93. The summed E-state index contributed by atoms with van der Waals surface area (Å²) in [5, 5.41) is 0.422. The lowest BCUT2D eigenvalue weighted by molar-refractivity contribution is 0.112. The largest absolute Gasteiger partial charge is 0.493 e. The van der Waals surface area contributed by atoms with Crippen LogP contribution in [0.3, 0.4) is 0 Å². The van der Waals surface area contributed by atoms with Gasteiger partial charge >= 0.3 is 0 Å². The molecule has 30 heavy (non-hydrogen) atoms. The molecule has 0 saturated carbocycles. The van der Waals surface area contributed by atoms with Crippen LogP contribution in [0.1, 0.15) is 33.5 Å². The van der Waals surface area contributed by atoms with Crippen molar-refractivity contribution in [2.24, 2.45) is 0 Å². The van der Waals surface area contributed by atoms with Gasteiger partial charge in [-0.3, -0.25) is 4.79 Å². The van der Waals surface area contributed by atoms with Gasteiger partial charge in [-0.1, -0.05) is 41.9 Å². The molecule has 0 aliphatic heterocycles. The third-order valence-corrected chi connectivity index (χ3v) is 5.59. The number of halogens is 2. The van der Waals surface area contributed by atoms with Crippen molar-refractivity contribution < 1.29 is 14.3 Å². The molecule has 156 valence electrons. The van der Waals surface area contributed by atoms with Gasteiger partial charge in [0.05, 0.1) is 11.6 Å². The van der Waals surface area contributed by atoms with E-state index >= 15 is 0 Å². The molecule has 0 aromatic heterocycles. The Hall–Kier alpha value is -2.49. The second-order valence-corrected chi connectivity index (χ2v) is 7.79. The van der Waals surface area contributed by atoms with Gasteiger partial charge in [-0.2, -0.15) is 0 Å². The summed E-state index contributed by atoms with van der Waals surface area (Å²) in [6.45, 7) is 5.14. The van der Waals surface area contributed by atoms with Gasteiger partial charge in [-0.15, -0.1) is 11.6 Å². The van der Waals surface area contributed by atoms with Gasteiger partial charge in [0.25, 0.3) is 0 Å². The number of carbonyl (C=O) groups is 1. The van der Waals surface area contributed by atoms with Crippen LogP contribution in [0.25, 0.3) is 11.1 Å². The Balaban J connectivity index is 1.83. The van der Waals surface area contributed by atoms with E-state index in [1.54, 1.807) is 18.2 Å². The maximum atomic E-state index is 10.9. The molecule has 3 nitrogen and oxygen atoms in total. The Kier molecular flexibility index (Phi) is 7.78. The van der Waals surface area contributed by atoms with Crippen LogP contribution in [0.5, 0.6) is 11.5 Å². The average molecular weight is 443 g/mol. The van der Waals surface area contributed by atoms with Gasteiger partial charge in [-0.05, 0) is 72.4 Å². The number of hydrogen-bond donors (Lipinski definition) is 0. The van der Waals surface area contributed by atoms with Crippen LogP contribution in [-0.2, 0) is 6.61 Å². The quantitative estimate of drug-likeness (QED) is 0.202. The molecule has 3 aromatic rings. The van der Waals surface area contributed by atoms with Gasteiger partial charge in [0.2, 0.25) is 0 Å². The monoisotopic (exact) mass is 442 g/mol. The Morgan fingerprint density at radius 3 is 2.33 bits per heavy atom. The number of alkyl halides is 1. The van der Waals surface area contributed by atoms with E-state index < -0.39 is 0 Å². The predicted molar refractivity (Wildman–Crippen MR) is 123 cm³/mol. The molecular formula is C25H24Cl2O3. The van der Waals surface area contributed by atoms with Crippen molar-refractivity contribution in [1.29, 1.82) is 0 Å². The van der Waals surface area contributed by atoms with Crippen molar-refractivity contribution in [2.75, 3.05) is 12.5 Å². The van der Waals surface area contributed by atoms with Crippen LogP contribution >= 0.6 is 23.2 Å². The van der Waals surface area contributed by atoms with Crippen LogP contribution in [0.2, 0.25) is 5.02 Å². The number of aldehydes is 1. The molecule has 0 amide bonds. The standard InChI is InChI=1S/C25H24Cl2O3/c1-17-20(16-30-25-11-10-19(15-28)14-23(25)27)6-3-7-21(17)22-8-4-9-24(18(22)2)29-13-5-12-26/h3-4,6-11,14-15H,5,12-13,16H2,1-2H3. The fourth-order valence-corrected chi connectivity index (χ4v) is 3.65. The molecule has 0 saturated heterocycles. The summed E-state index contributed by atoms with van der Waals surface area (Å²) < 4.78 is 11.8. The average Bonchev–Trinajstić information content (AvgIpc) is 2.75. The minimum atomic E-state index is 0.380. The fourth-order valence-electron chi connectivity index (χ4n) is 3.29. The van der Waals surface area contributed by atoms with E-state index in [-0.39, 0.29) is 0 Å². The van der Waals surface area contributed by atoms with Crippen LogP contribution in [-0.4, -0.2) is 18.8 Å². The first kappa shape index (κ1) is 22.2. The molecule has 3 aromatic carbocycles. The summed E-state index contributed by atoms with van der Waals surface area (Å²) >= 11 is 12.0. The van der Waals surface area contributed by atoms with E-state index in [4.69, 9.17) is 32.7 Å². The first-order valence-corrected chi connectivity index (χ1v) is 10.7. The van der Waals surface area contributed by atoms with Crippen LogP contribution in [0.4, 0.5) is 0 Å². The van der Waals surface area contributed by atoms with Crippen molar-refractivity contribution >= 4 is 29.5 Å². The highest BCUT2D eigenvalue weighted by molar-refractivity contribution is 6.32. The normalized spacial score (nSPS) is 10.7.